The van der Waals surface area contributed by atoms with Gasteiger partial charge in [-0.15, -0.1) is 0 Å². The Balaban J connectivity index is 1.54. The molecule has 10 heteroatoms. The van der Waals surface area contributed by atoms with E-state index in [1.54, 1.807) is 12.1 Å². The van der Waals surface area contributed by atoms with Gasteiger partial charge in [0, 0.05) is 24.8 Å². The molecule has 1 aliphatic heterocycles. The molecular weight excluding hydrogens is 416 g/mol. The van der Waals surface area contributed by atoms with Gasteiger partial charge in [0.1, 0.15) is 17.7 Å². The zero-order valence-electron chi connectivity index (χ0n) is 16.8. The average molecular weight is 433 g/mol. The van der Waals surface area contributed by atoms with E-state index < -0.39 is 11.6 Å². The molecule has 1 N–H and O–H groups in total. The fourth-order valence-electron chi connectivity index (χ4n) is 3.64. The number of fused-ring (bicyclic) bond motifs is 1. The maximum Gasteiger partial charge on any atom is 0.232 e. The minimum Gasteiger partial charge on any atom is -0.378 e. The summed E-state index contributed by atoms with van der Waals surface area (Å²) in [5, 5.41) is 16.9. The van der Waals surface area contributed by atoms with Crippen LogP contribution in [-0.2, 0) is 4.74 Å². The van der Waals surface area contributed by atoms with Gasteiger partial charge in [-0.3, -0.25) is 0 Å². The molecule has 0 unspecified atom stereocenters. The van der Waals surface area contributed by atoms with Gasteiger partial charge >= 0.3 is 0 Å². The summed E-state index contributed by atoms with van der Waals surface area (Å²) in [6.07, 6.45) is 1.51. The molecule has 0 saturated carbocycles. The largest absolute Gasteiger partial charge is 0.378 e. The molecule has 160 valence electrons. The van der Waals surface area contributed by atoms with Crippen LogP contribution in [0.5, 0.6) is 0 Å². The first-order valence-corrected chi connectivity index (χ1v) is 9.94. The number of hydrogen-bond donors (Lipinski definition) is 1. The van der Waals surface area contributed by atoms with Crippen LogP contribution in [-0.4, -0.2) is 45.9 Å². The Bertz CT molecular complexity index is 1320. The van der Waals surface area contributed by atoms with Gasteiger partial charge in [0.25, 0.3) is 0 Å². The number of nitriles is 1. The van der Waals surface area contributed by atoms with Gasteiger partial charge in [-0.1, -0.05) is 6.07 Å². The van der Waals surface area contributed by atoms with E-state index in [4.69, 9.17) is 4.74 Å². The summed E-state index contributed by atoms with van der Waals surface area (Å²) in [6.45, 7) is 2.63. The van der Waals surface area contributed by atoms with Crippen molar-refractivity contribution in [3.05, 3.63) is 65.9 Å². The molecule has 0 amide bonds. The van der Waals surface area contributed by atoms with E-state index in [1.807, 2.05) is 12.1 Å². The third-order valence-corrected chi connectivity index (χ3v) is 5.17. The monoisotopic (exact) mass is 433 g/mol. The van der Waals surface area contributed by atoms with Crippen LogP contribution in [0, 0.1) is 23.0 Å². The minimum atomic E-state index is -0.763. The van der Waals surface area contributed by atoms with Crippen LogP contribution >= 0.6 is 0 Å². The van der Waals surface area contributed by atoms with Crippen LogP contribution in [0.3, 0.4) is 0 Å². The quantitative estimate of drug-likeness (QED) is 0.527. The van der Waals surface area contributed by atoms with Gasteiger partial charge in [0.05, 0.1) is 36.2 Å². The Morgan fingerprint density at radius 1 is 1.03 bits per heavy atom. The summed E-state index contributed by atoms with van der Waals surface area (Å²) in [6, 6.07) is 12.8. The second-order valence-corrected chi connectivity index (χ2v) is 7.14. The molecule has 3 heterocycles. The Kier molecular flexibility index (Phi) is 5.09. The zero-order chi connectivity index (χ0) is 22.1. The molecule has 1 fully saturated rings. The van der Waals surface area contributed by atoms with Crippen LogP contribution in [0.15, 0.2) is 48.7 Å². The number of halogens is 2. The number of nitrogens with zero attached hydrogens (tertiary/aromatic N) is 6. The Labute approximate surface area is 181 Å². The van der Waals surface area contributed by atoms with Gasteiger partial charge in [0.2, 0.25) is 5.95 Å². The predicted molar refractivity (Wildman–Crippen MR) is 114 cm³/mol. The molecule has 32 heavy (non-hydrogen) atoms. The first-order chi connectivity index (χ1) is 15.6. The highest BCUT2D eigenvalue weighted by Crippen LogP contribution is 2.28. The summed E-state index contributed by atoms with van der Waals surface area (Å²) in [7, 11) is 0. The van der Waals surface area contributed by atoms with E-state index in [-0.39, 0.29) is 17.3 Å². The summed E-state index contributed by atoms with van der Waals surface area (Å²) in [4.78, 5) is 10.7. The average Bonchev–Trinajstić information content (AvgIpc) is 3.29. The van der Waals surface area contributed by atoms with Crippen molar-refractivity contribution in [3.63, 3.8) is 0 Å². The van der Waals surface area contributed by atoms with Crippen molar-refractivity contribution in [1.82, 2.24) is 19.6 Å². The first kappa shape index (κ1) is 19.8. The fourth-order valence-corrected chi connectivity index (χ4v) is 3.64. The maximum atomic E-state index is 14.3. The van der Waals surface area contributed by atoms with Crippen molar-refractivity contribution in [2.45, 2.75) is 0 Å². The predicted octanol–water partition coefficient (Wildman–Crippen LogP) is 3.52. The number of ether oxygens (including phenoxy) is 1. The molecule has 1 aliphatic rings. The van der Waals surface area contributed by atoms with Gasteiger partial charge < -0.3 is 15.0 Å². The van der Waals surface area contributed by atoms with Crippen molar-refractivity contribution < 1.29 is 13.5 Å². The highest BCUT2D eigenvalue weighted by Gasteiger charge is 2.19. The zero-order valence-corrected chi connectivity index (χ0v) is 16.8. The number of nitrogens with one attached hydrogen (secondary N) is 1. The number of morpholine rings is 1. The lowest BCUT2D eigenvalue weighted by molar-refractivity contribution is 0.122. The minimum absolute atomic E-state index is 0.110. The number of rotatable bonds is 4. The van der Waals surface area contributed by atoms with Crippen molar-refractivity contribution in [3.8, 4) is 17.5 Å². The maximum absolute atomic E-state index is 14.3. The molecule has 0 radical (unpaired) electrons. The third kappa shape index (κ3) is 3.59. The molecule has 1 saturated heterocycles. The Hall–Kier alpha value is -4.10. The number of anilines is 3. The van der Waals surface area contributed by atoms with Gasteiger partial charge in [-0.25, -0.2) is 13.8 Å². The second-order valence-electron chi connectivity index (χ2n) is 7.14. The molecular formula is C22H17F2N7O. The lowest BCUT2D eigenvalue weighted by Gasteiger charge is -2.29. The smallest absolute Gasteiger partial charge is 0.232 e. The first-order valence-electron chi connectivity index (χ1n) is 9.94. The summed E-state index contributed by atoms with van der Waals surface area (Å²) in [5.74, 6) is -1.43. The molecule has 8 nitrogen and oxygen atoms in total. The topological polar surface area (TPSA) is 91.4 Å². The van der Waals surface area contributed by atoms with E-state index in [1.165, 1.54) is 16.8 Å². The van der Waals surface area contributed by atoms with Crippen molar-refractivity contribution in [2.75, 3.05) is 36.5 Å². The molecule has 2 aromatic carbocycles. The molecule has 0 atom stereocenters. The SMILES string of the molecule is N#Cc1cc(Nc2nc(-c3c(F)cccc3F)nc3ccnn23)ccc1N1CCOCC1. The highest BCUT2D eigenvalue weighted by molar-refractivity contribution is 5.69. The highest BCUT2D eigenvalue weighted by atomic mass is 19.1. The van der Waals surface area contributed by atoms with Crippen LogP contribution in [0.2, 0.25) is 0 Å². The molecule has 0 bridgehead atoms. The number of benzene rings is 2. The Morgan fingerprint density at radius 3 is 2.56 bits per heavy atom. The van der Waals surface area contributed by atoms with Crippen molar-refractivity contribution >= 4 is 23.0 Å². The van der Waals surface area contributed by atoms with E-state index in [9.17, 15) is 14.0 Å². The summed E-state index contributed by atoms with van der Waals surface area (Å²) in [5.41, 5.74) is 1.93. The summed E-state index contributed by atoms with van der Waals surface area (Å²) < 4.78 is 35.5. The van der Waals surface area contributed by atoms with E-state index in [0.29, 0.717) is 43.2 Å². The lowest BCUT2D eigenvalue weighted by Crippen LogP contribution is -2.36. The summed E-state index contributed by atoms with van der Waals surface area (Å²) >= 11 is 0. The van der Waals surface area contributed by atoms with Crippen LogP contribution in [0.1, 0.15) is 5.56 Å². The van der Waals surface area contributed by atoms with Gasteiger partial charge in [0.15, 0.2) is 11.5 Å². The Morgan fingerprint density at radius 2 is 1.81 bits per heavy atom. The van der Waals surface area contributed by atoms with Crippen molar-refractivity contribution in [1.29, 1.82) is 5.26 Å². The van der Waals surface area contributed by atoms with E-state index >= 15 is 0 Å². The second kappa shape index (κ2) is 8.20. The third-order valence-electron chi connectivity index (χ3n) is 5.17. The normalized spacial score (nSPS) is 13.8. The van der Waals surface area contributed by atoms with E-state index in [0.717, 1.165) is 17.8 Å². The van der Waals surface area contributed by atoms with Gasteiger partial charge in [-0.2, -0.15) is 19.9 Å². The number of aromatic nitrogens is 4. The molecule has 4 aromatic rings. The van der Waals surface area contributed by atoms with E-state index in [2.05, 4.69) is 31.4 Å². The molecule has 0 spiro atoms. The van der Waals surface area contributed by atoms with Gasteiger partial charge in [-0.05, 0) is 30.3 Å². The van der Waals surface area contributed by atoms with Crippen molar-refractivity contribution in [2.24, 2.45) is 0 Å². The molecule has 0 aliphatic carbocycles. The molecule has 2 aromatic heterocycles. The molecule has 5 rings (SSSR count). The fraction of sp³-hybridized carbons (Fsp3) is 0.182. The van der Waals surface area contributed by atoms with Crippen LogP contribution in [0.25, 0.3) is 17.0 Å². The lowest BCUT2D eigenvalue weighted by atomic mass is 10.1. The standard InChI is InChI=1S/C22H17F2N7O/c23-16-2-1-3-17(24)20(16)21-28-19-6-7-26-31(19)22(29-21)27-15-4-5-18(14(12-15)13-25)30-8-10-32-11-9-30/h1-7,12H,8-11H2,(H,27,28,29). The number of hydrogen-bond acceptors (Lipinski definition) is 7. The van der Waals surface area contributed by atoms with Crippen LogP contribution < -0.4 is 10.2 Å². The van der Waals surface area contributed by atoms with Crippen LogP contribution in [0.4, 0.5) is 26.1 Å².